The Hall–Kier alpha value is -1.09. The molecule has 0 aromatic rings. The molecule has 0 aromatic carbocycles. The Balaban J connectivity index is 2.13. The van der Waals surface area contributed by atoms with Crippen LogP contribution in [0.15, 0.2) is 24.3 Å². The van der Waals surface area contributed by atoms with Crippen molar-refractivity contribution in [3.05, 3.63) is 24.3 Å². The van der Waals surface area contributed by atoms with Gasteiger partial charge in [0.2, 0.25) is 0 Å². The number of hydrogen-bond donors (Lipinski definition) is 0. The average molecular weight is 180 g/mol. The Bertz CT molecular complexity index is 280. The van der Waals surface area contributed by atoms with E-state index >= 15 is 0 Å². The van der Waals surface area contributed by atoms with Crippen LogP contribution in [0.3, 0.4) is 0 Å². The van der Waals surface area contributed by atoms with E-state index in [0.29, 0.717) is 6.61 Å². The van der Waals surface area contributed by atoms with Crippen LogP contribution in [0.2, 0.25) is 0 Å². The third-order valence-electron chi connectivity index (χ3n) is 2.41. The first-order chi connectivity index (χ1) is 6.24. The minimum absolute atomic E-state index is 0.0700. The van der Waals surface area contributed by atoms with Gasteiger partial charge in [0.05, 0.1) is 18.8 Å². The quantitative estimate of drug-likeness (QED) is 0.471. The molecule has 0 spiro atoms. The number of carbonyl (C=O) groups is 1. The van der Waals surface area contributed by atoms with Gasteiger partial charge in [-0.1, -0.05) is 18.7 Å². The van der Waals surface area contributed by atoms with Crippen LogP contribution in [-0.2, 0) is 14.3 Å². The zero-order chi connectivity index (χ0) is 9.42. The smallest absolute Gasteiger partial charge is 0.316 e. The molecule has 3 nitrogen and oxygen atoms in total. The number of rotatable bonds is 2. The average Bonchev–Trinajstić information content (AvgIpc) is 2.63. The van der Waals surface area contributed by atoms with Crippen molar-refractivity contribution in [2.75, 3.05) is 6.61 Å². The van der Waals surface area contributed by atoms with Crippen molar-refractivity contribution in [3.63, 3.8) is 0 Å². The largest absolute Gasteiger partial charge is 0.465 e. The second kappa shape index (κ2) is 3.00. The van der Waals surface area contributed by atoms with Crippen molar-refractivity contribution in [1.29, 1.82) is 0 Å². The molecule has 0 saturated carbocycles. The molecule has 1 fully saturated rings. The number of fused-ring (bicyclic) bond motifs is 2. The maximum Gasteiger partial charge on any atom is 0.316 e. The Labute approximate surface area is 77.0 Å². The van der Waals surface area contributed by atoms with E-state index in [4.69, 9.17) is 9.47 Å². The van der Waals surface area contributed by atoms with Crippen molar-refractivity contribution >= 4 is 5.97 Å². The molecular formula is C10H12O3. The first kappa shape index (κ1) is 8.51. The van der Waals surface area contributed by atoms with Gasteiger partial charge in [0.25, 0.3) is 0 Å². The molecule has 3 heteroatoms. The molecular weight excluding hydrogens is 168 g/mol. The van der Waals surface area contributed by atoms with Gasteiger partial charge in [-0.15, -0.1) is 0 Å². The van der Waals surface area contributed by atoms with E-state index in [2.05, 4.69) is 6.58 Å². The first-order valence-electron chi connectivity index (χ1n) is 4.43. The molecule has 3 unspecified atom stereocenters. The van der Waals surface area contributed by atoms with Gasteiger partial charge >= 0.3 is 5.97 Å². The summed E-state index contributed by atoms with van der Waals surface area (Å²) in [7, 11) is 0. The second-order valence-electron chi connectivity index (χ2n) is 3.21. The Morgan fingerprint density at radius 1 is 1.69 bits per heavy atom. The second-order valence-corrected chi connectivity index (χ2v) is 3.21. The predicted molar refractivity (Wildman–Crippen MR) is 47.1 cm³/mol. The normalized spacial score (nSPS) is 35.5. The molecule has 0 N–H and O–H groups in total. The highest BCUT2D eigenvalue weighted by Crippen LogP contribution is 2.37. The lowest BCUT2D eigenvalue weighted by Crippen LogP contribution is -2.26. The highest BCUT2D eigenvalue weighted by molar-refractivity contribution is 5.78. The lowest BCUT2D eigenvalue weighted by molar-refractivity contribution is -0.147. The number of carbonyl (C=O) groups excluding carboxylic acids is 1. The van der Waals surface area contributed by atoms with Crippen LogP contribution in [-0.4, -0.2) is 24.8 Å². The van der Waals surface area contributed by atoms with Gasteiger partial charge in [-0.3, -0.25) is 4.79 Å². The third kappa shape index (κ3) is 1.20. The van der Waals surface area contributed by atoms with Gasteiger partial charge < -0.3 is 9.47 Å². The minimum atomic E-state index is -0.282. The molecule has 13 heavy (non-hydrogen) atoms. The fourth-order valence-electron chi connectivity index (χ4n) is 1.78. The lowest BCUT2D eigenvalue weighted by atomic mass is 9.90. The van der Waals surface area contributed by atoms with Crippen LogP contribution in [0, 0.1) is 5.92 Å². The summed E-state index contributed by atoms with van der Waals surface area (Å²) < 4.78 is 10.4. The summed E-state index contributed by atoms with van der Waals surface area (Å²) in [5, 5.41) is 0. The summed E-state index contributed by atoms with van der Waals surface area (Å²) in [4.78, 5) is 11.4. The van der Waals surface area contributed by atoms with Crippen molar-refractivity contribution in [2.24, 2.45) is 5.92 Å². The molecule has 2 aliphatic heterocycles. The Kier molecular flexibility index (Phi) is 1.96. The van der Waals surface area contributed by atoms with E-state index in [-0.39, 0.29) is 24.1 Å². The monoisotopic (exact) mass is 180 g/mol. The molecule has 0 aliphatic carbocycles. The highest BCUT2D eigenvalue weighted by Gasteiger charge is 2.45. The molecule has 2 heterocycles. The van der Waals surface area contributed by atoms with Gasteiger partial charge in [-0.25, -0.2) is 0 Å². The van der Waals surface area contributed by atoms with Crippen molar-refractivity contribution < 1.29 is 14.3 Å². The fourth-order valence-corrected chi connectivity index (χ4v) is 1.78. The SMILES string of the molecule is C=C1C2C=CC(O2)C1C(=O)OCC. The van der Waals surface area contributed by atoms with Gasteiger partial charge in [-0.2, -0.15) is 0 Å². The molecule has 2 aliphatic rings. The summed E-state index contributed by atoms with van der Waals surface area (Å²) in [6.07, 6.45) is 3.62. The summed E-state index contributed by atoms with van der Waals surface area (Å²) >= 11 is 0. The molecule has 1 saturated heterocycles. The lowest BCUT2D eigenvalue weighted by Gasteiger charge is -2.15. The fraction of sp³-hybridized carbons (Fsp3) is 0.500. The third-order valence-corrected chi connectivity index (χ3v) is 2.41. The number of ether oxygens (including phenoxy) is 2. The van der Waals surface area contributed by atoms with E-state index in [9.17, 15) is 4.79 Å². The zero-order valence-electron chi connectivity index (χ0n) is 7.53. The summed E-state index contributed by atoms with van der Waals surface area (Å²) in [6.45, 7) is 6.05. The van der Waals surface area contributed by atoms with Crippen LogP contribution in [0.1, 0.15) is 6.92 Å². The van der Waals surface area contributed by atoms with Crippen LogP contribution in [0.25, 0.3) is 0 Å². The van der Waals surface area contributed by atoms with Gasteiger partial charge in [0, 0.05) is 0 Å². The van der Waals surface area contributed by atoms with E-state index in [0.717, 1.165) is 5.57 Å². The highest BCUT2D eigenvalue weighted by atomic mass is 16.5. The van der Waals surface area contributed by atoms with E-state index < -0.39 is 0 Å². The summed E-state index contributed by atoms with van der Waals surface area (Å²) in [5.41, 5.74) is 0.825. The standard InChI is InChI=1S/C10H12O3/c1-3-12-10(11)9-6(2)7-4-5-8(9)13-7/h4-5,7-9H,2-3H2,1H3. The van der Waals surface area contributed by atoms with Crippen LogP contribution in [0.5, 0.6) is 0 Å². The van der Waals surface area contributed by atoms with E-state index in [1.165, 1.54) is 0 Å². The molecule has 3 atom stereocenters. The van der Waals surface area contributed by atoms with Gasteiger partial charge in [-0.05, 0) is 12.5 Å². The molecule has 0 radical (unpaired) electrons. The maximum absolute atomic E-state index is 11.4. The van der Waals surface area contributed by atoms with Crippen LogP contribution >= 0.6 is 0 Å². The Morgan fingerprint density at radius 2 is 2.46 bits per heavy atom. The van der Waals surface area contributed by atoms with Gasteiger partial charge in [0.1, 0.15) is 5.92 Å². The Morgan fingerprint density at radius 3 is 3.00 bits per heavy atom. The van der Waals surface area contributed by atoms with Gasteiger partial charge in [0.15, 0.2) is 0 Å². The molecule has 0 aromatic heterocycles. The first-order valence-corrected chi connectivity index (χ1v) is 4.43. The van der Waals surface area contributed by atoms with E-state index in [1.54, 1.807) is 6.92 Å². The summed E-state index contributed by atoms with van der Waals surface area (Å²) in [5.74, 6) is -0.501. The van der Waals surface area contributed by atoms with E-state index in [1.807, 2.05) is 12.2 Å². The number of hydrogen-bond acceptors (Lipinski definition) is 3. The number of esters is 1. The summed E-state index contributed by atoms with van der Waals surface area (Å²) in [6, 6.07) is 0. The maximum atomic E-state index is 11.4. The molecule has 2 rings (SSSR count). The molecule has 2 bridgehead atoms. The minimum Gasteiger partial charge on any atom is -0.465 e. The predicted octanol–water partition coefficient (Wildman–Crippen LogP) is 1.06. The van der Waals surface area contributed by atoms with Crippen LogP contribution in [0.4, 0.5) is 0 Å². The van der Waals surface area contributed by atoms with Crippen molar-refractivity contribution in [2.45, 2.75) is 19.1 Å². The van der Waals surface area contributed by atoms with Crippen molar-refractivity contribution in [3.8, 4) is 0 Å². The molecule has 70 valence electrons. The topological polar surface area (TPSA) is 35.5 Å². The van der Waals surface area contributed by atoms with Crippen LogP contribution < -0.4 is 0 Å². The zero-order valence-corrected chi connectivity index (χ0v) is 7.53. The van der Waals surface area contributed by atoms with Crippen molar-refractivity contribution in [1.82, 2.24) is 0 Å². The molecule has 0 amide bonds.